The maximum absolute atomic E-state index is 5.61. The average molecular weight is 386 g/mol. The normalized spacial score (nSPS) is 30.1. The van der Waals surface area contributed by atoms with E-state index in [2.05, 4.69) is 34.9 Å². The lowest BCUT2D eigenvalue weighted by molar-refractivity contribution is 0.0874. The number of nitrogens with one attached hydrogen (secondary N) is 3. The van der Waals surface area contributed by atoms with Gasteiger partial charge >= 0.3 is 0 Å². The van der Waals surface area contributed by atoms with Gasteiger partial charge in [0.2, 0.25) is 11.9 Å². The fourth-order valence-electron chi connectivity index (χ4n) is 4.85. The lowest BCUT2D eigenvalue weighted by atomic mass is 10.0. The van der Waals surface area contributed by atoms with E-state index in [1.165, 1.54) is 12.8 Å². The molecule has 3 fully saturated rings. The fraction of sp³-hybridized carbons (Fsp3) is 0.750. The van der Waals surface area contributed by atoms with Crippen LogP contribution < -0.4 is 16.0 Å². The van der Waals surface area contributed by atoms with Crippen molar-refractivity contribution >= 4 is 17.5 Å². The zero-order valence-electron chi connectivity index (χ0n) is 16.8. The van der Waals surface area contributed by atoms with E-state index in [4.69, 9.17) is 14.7 Å². The number of aromatic nitrogens is 4. The van der Waals surface area contributed by atoms with E-state index in [0.29, 0.717) is 36.6 Å². The predicted octanol–water partition coefficient (Wildman–Crippen LogP) is 2.53. The first kappa shape index (κ1) is 18.1. The molecule has 0 saturated carbocycles. The van der Waals surface area contributed by atoms with E-state index in [-0.39, 0.29) is 6.04 Å². The molecule has 5 rings (SSSR count). The molecule has 2 bridgehead atoms. The molecule has 0 aromatic carbocycles. The maximum Gasteiger partial charge on any atom is 0.229 e. The number of hydrogen-bond acceptors (Lipinski definition) is 7. The SMILES string of the molecule is CC(C)c1cnn2c(NC3CC4CCC(C3)N4)nc(NC3CCCOC3)nc12. The third-order valence-electron chi connectivity index (χ3n) is 6.32. The number of anilines is 2. The second-order valence-electron chi connectivity index (χ2n) is 8.87. The number of rotatable bonds is 5. The molecule has 0 radical (unpaired) electrons. The van der Waals surface area contributed by atoms with Crippen LogP contribution in [-0.2, 0) is 4.74 Å². The number of nitrogens with zero attached hydrogens (tertiary/aromatic N) is 4. The Hall–Kier alpha value is -1.93. The van der Waals surface area contributed by atoms with Crippen LogP contribution in [0.2, 0.25) is 0 Å². The van der Waals surface area contributed by atoms with E-state index in [9.17, 15) is 0 Å². The van der Waals surface area contributed by atoms with Gasteiger partial charge in [-0.15, -0.1) is 0 Å². The van der Waals surface area contributed by atoms with Crippen molar-refractivity contribution in [1.82, 2.24) is 24.9 Å². The summed E-state index contributed by atoms with van der Waals surface area (Å²) in [5, 5.41) is 15.5. The van der Waals surface area contributed by atoms with Crippen molar-refractivity contribution in [3.8, 4) is 0 Å². The van der Waals surface area contributed by atoms with Crippen LogP contribution in [0.1, 0.15) is 63.9 Å². The van der Waals surface area contributed by atoms with E-state index >= 15 is 0 Å². The average Bonchev–Trinajstić information content (AvgIpc) is 3.26. The highest BCUT2D eigenvalue weighted by molar-refractivity contribution is 5.56. The number of ether oxygens (including phenoxy) is 1. The Morgan fingerprint density at radius 2 is 1.93 bits per heavy atom. The van der Waals surface area contributed by atoms with Crippen LogP contribution in [0.3, 0.4) is 0 Å². The molecule has 3 aliphatic rings. The molecule has 0 spiro atoms. The Balaban J connectivity index is 1.45. The van der Waals surface area contributed by atoms with Gasteiger partial charge in [0.15, 0.2) is 5.65 Å². The van der Waals surface area contributed by atoms with Gasteiger partial charge in [0, 0.05) is 30.3 Å². The van der Waals surface area contributed by atoms with Crippen LogP contribution >= 0.6 is 0 Å². The van der Waals surface area contributed by atoms with Crippen molar-refractivity contribution in [1.29, 1.82) is 0 Å². The minimum absolute atomic E-state index is 0.268. The summed E-state index contributed by atoms with van der Waals surface area (Å²) in [6.07, 6.45) is 8.95. The molecule has 8 nitrogen and oxygen atoms in total. The molecule has 3 saturated heterocycles. The molecule has 3 atom stereocenters. The zero-order valence-corrected chi connectivity index (χ0v) is 16.8. The Bertz CT molecular complexity index is 817. The molecule has 2 aromatic heterocycles. The minimum atomic E-state index is 0.268. The molecule has 3 N–H and O–H groups in total. The molecule has 0 aliphatic carbocycles. The van der Waals surface area contributed by atoms with Gasteiger partial charge in [-0.25, -0.2) is 0 Å². The number of piperidine rings is 1. The maximum atomic E-state index is 5.61. The second-order valence-corrected chi connectivity index (χ2v) is 8.87. The first-order valence-electron chi connectivity index (χ1n) is 10.8. The second kappa shape index (κ2) is 7.48. The van der Waals surface area contributed by atoms with E-state index < -0.39 is 0 Å². The summed E-state index contributed by atoms with van der Waals surface area (Å²) in [6, 6.07) is 1.96. The monoisotopic (exact) mass is 385 g/mol. The van der Waals surface area contributed by atoms with Gasteiger partial charge in [0.05, 0.1) is 18.8 Å². The van der Waals surface area contributed by atoms with Gasteiger partial charge in [-0.05, 0) is 44.4 Å². The van der Waals surface area contributed by atoms with Gasteiger partial charge in [-0.1, -0.05) is 13.8 Å². The van der Waals surface area contributed by atoms with Crippen molar-refractivity contribution in [3.63, 3.8) is 0 Å². The smallest absolute Gasteiger partial charge is 0.229 e. The summed E-state index contributed by atoms with van der Waals surface area (Å²) in [5.74, 6) is 1.83. The highest BCUT2D eigenvalue weighted by atomic mass is 16.5. The van der Waals surface area contributed by atoms with E-state index in [1.54, 1.807) is 0 Å². The summed E-state index contributed by atoms with van der Waals surface area (Å²) in [6.45, 7) is 5.92. The lowest BCUT2D eigenvalue weighted by Gasteiger charge is -2.30. The molecule has 152 valence electrons. The van der Waals surface area contributed by atoms with Crippen LogP contribution in [0.25, 0.3) is 5.65 Å². The molecule has 28 heavy (non-hydrogen) atoms. The Kier molecular flexibility index (Phi) is 4.84. The fourth-order valence-corrected chi connectivity index (χ4v) is 4.85. The summed E-state index contributed by atoms with van der Waals surface area (Å²) in [7, 11) is 0. The summed E-state index contributed by atoms with van der Waals surface area (Å²) in [4.78, 5) is 9.64. The molecule has 2 aromatic rings. The van der Waals surface area contributed by atoms with Crippen molar-refractivity contribution in [2.24, 2.45) is 0 Å². The molecular formula is C20H31N7O. The van der Waals surface area contributed by atoms with E-state index in [1.807, 2.05) is 10.7 Å². The van der Waals surface area contributed by atoms with Gasteiger partial charge in [-0.3, -0.25) is 0 Å². The molecule has 0 amide bonds. The molecule has 5 heterocycles. The van der Waals surface area contributed by atoms with Crippen LogP contribution in [0.5, 0.6) is 0 Å². The van der Waals surface area contributed by atoms with Gasteiger partial charge in [0.1, 0.15) is 0 Å². The lowest BCUT2D eigenvalue weighted by Crippen LogP contribution is -2.43. The van der Waals surface area contributed by atoms with Crippen LogP contribution in [0.15, 0.2) is 6.20 Å². The Labute approximate surface area is 165 Å². The van der Waals surface area contributed by atoms with Crippen molar-refractivity contribution in [2.75, 3.05) is 23.8 Å². The molecule has 3 aliphatic heterocycles. The standard InChI is InChI=1S/C20H31N7O/c1-12(2)17-10-21-27-18(17)25-19(23-15-4-3-7-28-11-15)26-20(27)24-16-8-13-5-6-14(9-16)22-13/h10,12-16,22H,3-9,11H2,1-2H3,(H2,23,24,25,26). The number of hydrogen-bond donors (Lipinski definition) is 3. The Morgan fingerprint density at radius 3 is 2.64 bits per heavy atom. The van der Waals surface area contributed by atoms with E-state index in [0.717, 1.165) is 49.4 Å². The quantitative estimate of drug-likeness (QED) is 0.729. The van der Waals surface area contributed by atoms with Crippen molar-refractivity contribution < 1.29 is 4.74 Å². The molecule has 3 unspecified atom stereocenters. The van der Waals surface area contributed by atoms with Gasteiger partial charge in [0.25, 0.3) is 0 Å². The van der Waals surface area contributed by atoms with Gasteiger partial charge < -0.3 is 20.7 Å². The van der Waals surface area contributed by atoms with Crippen LogP contribution in [0, 0.1) is 0 Å². The predicted molar refractivity (Wildman–Crippen MR) is 109 cm³/mol. The Morgan fingerprint density at radius 1 is 1.11 bits per heavy atom. The summed E-state index contributed by atoms with van der Waals surface area (Å²) < 4.78 is 7.49. The van der Waals surface area contributed by atoms with Crippen LogP contribution in [-0.4, -0.2) is 57.0 Å². The van der Waals surface area contributed by atoms with Crippen molar-refractivity contribution in [3.05, 3.63) is 11.8 Å². The van der Waals surface area contributed by atoms with Crippen molar-refractivity contribution in [2.45, 2.75) is 82.5 Å². The zero-order chi connectivity index (χ0) is 19.1. The van der Waals surface area contributed by atoms with Gasteiger partial charge in [-0.2, -0.15) is 19.6 Å². The molecular weight excluding hydrogens is 354 g/mol. The molecule has 8 heteroatoms. The third kappa shape index (κ3) is 3.55. The first-order valence-corrected chi connectivity index (χ1v) is 10.8. The largest absolute Gasteiger partial charge is 0.379 e. The number of fused-ring (bicyclic) bond motifs is 3. The highest BCUT2D eigenvalue weighted by Gasteiger charge is 2.34. The first-order chi connectivity index (χ1) is 13.7. The van der Waals surface area contributed by atoms with Crippen LogP contribution in [0.4, 0.5) is 11.9 Å². The third-order valence-corrected chi connectivity index (χ3v) is 6.32. The highest BCUT2D eigenvalue weighted by Crippen LogP contribution is 2.29. The summed E-state index contributed by atoms with van der Waals surface area (Å²) >= 11 is 0. The minimum Gasteiger partial charge on any atom is -0.379 e. The topological polar surface area (TPSA) is 88.4 Å². The summed E-state index contributed by atoms with van der Waals surface area (Å²) in [5.41, 5.74) is 2.04.